The molecule has 2 N–H and O–H groups in total. The van der Waals surface area contributed by atoms with E-state index in [0.717, 1.165) is 87.6 Å². The lowest BCUT2D eigenvalue weighted by atomic mass is 9.91. The lowest BCUT2D eigenvalue weighted by Gasteiger charge is -2.36. The standard InChI is InChI=1S/C37H41FN6O4S/c1-41-19-23(15-31(36(41)46)40-34-8-7-25(18-39-34)42-10-4-11-43(14-13-42)26-21-48-22-26)29-16-24(38)17-32(30(29)20-45)44-12-9-28-27-5-2-3-6-33(27)49-35(28)37(44)47/h7-8,15-19,26,45H,2-6,9-14,20-22H2,1H3,(H,39,40). The summed E-state index contributed by atoms with van der Waals surface area (Å²) in [6, 6.07) is 8.76. The van der Waals surface area contributed by atoms with E-state index in [1.54, 1.807) is 35.5 Å². The molecule has 3 aromatic heterocycles. The number of pyridine rings is 2. The van der Waals surface area contributed by atoms with Gasteiger partial charge in [0.25, 0.3) is 11.5 Å². The van der Waals surface area contributed by atoms with Gasteiger partial charge in [-0.05, 0) is 85.5 Å². The highest BCUT2D eigenvalue weighted by molar-refractivity contribution is 7.14. The zero-order valence-electron chi connectivity index (χ0n) is 27.7. The molecule has 1 aromatic carbocycles. The van der Waals surface area contributed by atoms with Gasteiger partial charge in [0.05, 0.1) is 48.3 Å². The smallest absolute Gasteiger partial charge is 0.274 e. The van der Waals surface area contributed by atoms with Crippen molar-refractivity contribution < 1.29 is 19.0 Å². The number of aromatic nitrogens is 2. The number of carbonyl (C=O) groups excluding carboxylic acids is 1. The Morgan fingerprint density at radius 3 is 2.63 bits per heavy atom. The lowest BCUT2D eigenvalue weighted by molar-refractivity contribution is -0.0625. The molecule has 0 atom stereocenters. The lowest BCUT2D eigenvalue weighted by Crippen LogP contribution is -2.50. The van der Waals surface area contributed by atoms with E-state index in [-0.39, 0.29) is 17.2 Å². The Bertz CT molecular complexity index is 1960. The Balaban J connectivity index is 1.05. The van der Waals surface area contributed by atoms with Crippen LogP contribution in [-0.4, -0.2) is 77.4 Å². The highest BCUT2D eigenvalue weighted by Gasteiger charge is 2.34. The van der Waals surface area contributed by atoms with E-state index < -0.39 is 12.4 Å². The quantitative estimate of drug-likeness (QED) is 0.284. The number of rotatable bonds is 7. The maximum absolute atomic E-state index is 15.4. The van der Waals surface area contributed by atoms with Crippen molar-refractivity contribution in [3.05, 3.63) is 85.3 Å². The number of thiophene rings is 1. The molecule has 6 heterocycles. The predicted octanol–water partition coefficient (Wildman–Crippen LogP) is 4.88. The van der Waals surface area contributed by atoms with Gasteiger partial charge in [0.1, 0.15) is 17.3 Å². The van der Waals surface area contributed by atoms with E-state index in [4.69, 9.17) is 4.74 Å². The number of aliphatic hydroxyl groups is 1. The Kier molecular flexibility index (Phi) is 8.73. The molecule has 3 aliphatic heterocycles. The number of nitrogens with zero attached hydrogens (tertiary/aromatic N) is 5. The highest BCUT2D eigenvalue weighted by atomic mass is 32.1. The van der Waals surface area contributed by atoms with Gasteiger partial charge in [0.2, 0.25) is 0 Å². The fraction of sp³-hybridized carbons (Fsp3) is 0.432. The van der Waals surface area contributed by atoms with Gasteiger partial charge < -0.3 is 29.5 Å². The van der Waals surface area contributed by atoms with Crippen molar-refractivity contribution in [2.45, 2.75) is 51.2 Å². The SMILES string of the molecule is Cn1cc(-c2cc(F)cc(N3CCc4c(sc5c4CCCC5)C3=O)c2CO)cc(Nc2ccc(N3CCCN(C4COC4)CC3)cn2)c1=O. The number of carbonyl (C=O) groups is 1. The van der Waals surface area contributed by atoms with Crippen LogP contribution in [0.4, 0.5) is 27.3 Å². The molecule has 2 saturated heterocycles. The summed E-state index contributed by atoms with van der Waals surface area (Å²) in [6.45, 7) is 5.56. The first kappa shape index (κ1) is 32.1. The van der Waals surface area contributed by atoms with Gasteiger partial charge in [0.15, 0.2) is 0 Å². The third-order valence-corrected chi connectivity index (χ3v) is 11.8. The summed E-state index contributed by atoms with van der Waals surface area (Å²) in [5, 5.41) is 13.8. The molecular formula is C37H41FN6O4S. The topological polar surface area (TPSA) is 103 Å². The molecule has 0 unspecified atom stereocenters. The molecule has 0 spiro atoms. The molecule has 4 aromatic rings. The van der Waals surface area contributed by atoms with E-state index in [0.29, 0.717) is 47.2 Å². The second-order valence-corrected chi connectivity index (χ2v) is 14.6. The molecular weight excluding hydrogens is 644 g/mol. The van der Waals surface area contributed by atoms with Crippen LogP contribution in [0, 0.1) is 5.82 Å². The molecule has 10 nitrogen and oxygen atoms in total. The molecule has 49 heavy (non-hydrogen) atoms. The number of fused-ring (bicyclic) bond motifs is 3. The van der Waals surface area contributed by atoms with Crippen LogP contribution in [0.15, 0.2) is 47.5 Å². The summed E-state index contributed by atoms with van der Waals surface area (Å²) in [6.07, 6.45) is 9.52. The van der Waals surface area contributed by atoms with Crippen molar-refractivity contribution in [1.29, 1.82) is 0 Å². The van der Waals surface area contributed by atoms with Crippen molar-refractivity contribution in [2.24, 2.45) is 7.05 Å². The van der Waals surface area contributed by atoms with Gasteiger partial charge in [-0.2, -0.15) is 0 Å². The second kappa shape index (κ2) is 13.3. The molecule has 8 rings (SSSR count). The van der Waals surface area contributed by atoms with Crippen LogP contribution in [-0.2, 0) is 37.7 Å². The third-order valence-electron chi connectivity index (χ3n) is 10.5. The number of ether oxygens (including phenoxy) is 1. The van der Waals surface area contributed by atoms with Gasteiger partial charge in [-0.1, -0.05) is 0 Å². The first-order valence-electron chi connectivity index (χ1n) is 17.3. The predicted molar refractivity (Wildman–Crippen MR) is 190 cm³/mol. The molecule has 12 heteroatoms. The summed E-state index contributed by atoms with van der Waals surface area (Å²) in [7, 11) is 1.64. The van der Waals surface area contributed by atoms with E-state index in [1.165, 1.54) is 27.1 Å². The molecule has 0 saturated carbocycles. The number of hydrogen-bond donors (Lipinski definition) is 2. The maximum Gasteiger partial charge on any atom is 0.274 e. The van der Waals surface area contributed by atoms with Gasteiger partial charge >= 0.3 is 0 Å². The minimum absolute atomic E-state index is 0.144. The number of aliphatic hydroxyl groups excluding tert-OH is 1. The van der Waals surface area contributed by atoms with Crippen LogP contribution in [0.1, 0.15) is 50.5 Å². The zero-order chi connectivity index (χ0) is 33.6. The van der Waals surface area contributed by atoms with Crippen LogP contribution in [0.5, 0.6) is 0 Å². The van der Waals surface area contributed by atoms with Gasteiger partial charge in [0, 0.05) is 62.0 Å². The third kappa shape index (κ3) is 6.05. The van der Waals surface area contributed by atoms with E-state index in [1.807, 2.05) is 18.3 Å². The van der Waals surface area contributed by atoms with Crippen LogP contribution in [0.2, 0.25) is 0 Å². The fourth-order valence-electron chi connectivity index (χ4n) is 7.76. The second-order valence-electron chi connectivity index (χ2n) is 13.5. The highest BCUT2D eigenvalue weighted by Crippen LogP contribution is 2.41. The number of benzene rings is 1. The van der Waals surface area contributed by atoms with E-state index in [9.17, 15) is 14.7 Å². The molecule has 1 aliphatic carbocycles. The molecule has 1 amide bonds. The minimum Gasteiger partial charge on any atom is -0.392 e. The Morgan fingerprint density at radius 1 is 1.00 bits per heavy atom. The van der Waals surface area contributed by atoms with Crippen LogP contribution >= 0.6 is 11.3 Å². The molecule has 0 bridgehead atoms. The van der Waals surface area contributed by atoms with Gasteiger partial charge in [-0.3, -0.25) is 14.5 Å². The Morgan fingerprint density at radius 2 is 1.86 bits per heavy atom. The van der Waals surface area contributed by atoms with E-state index in [2.05, 4.69) is 20.1 Å². The van der Waals surface area contributed by atoms with Gasteiger partial charge in [-0.15, -0.1) is 11.3 Å². The molecule has 2 fully saturated rings. The first-order chi connectivity index (χ1) is 23.9. The monoisotopic (exact) mass is 684 g/mol. The largest absolute Gasteiger partial charge is 0.392 e. The number of halogens is 1. The van der Waals surface area contributed by atoms with Crippen LogP contribution in [0.3, 0.4) is 0 Å². The minimum atomic E-state index is -0.524. The van der Waals surface area contributed by atoms with Crippen molar-refractivity contribution in [3.63, 3.8) is 0 Å². The molecule has 4 aliphatic rings. The van der Waals surface area contributed by atoms with Gasteiger partial charge in [-0.25, -0.2) is 9.37 Å². The zero-order valence-corrected chi connectivity index (χ0v) is 28.5. The van der Waals surface area contributed by atoms with Crippen LogP contribution in [0.25, 0.3) is 11.1 Å². The number of anilines is 4. The maximum atomic E-state index is 15.4. The Labute approximate surface area is 288 Å². The number of amides is 1. The van der Waals surface area contributed by atoms with E-state index >= 15 is 4.39 Å². The summed E-state index contributed by atoms with van der Waals surface area (Å²) >= 11 is 1.57. The summed E-state index contributed by atoms with van der Waals surface area (Å²) in [5.41, 5.74) is 5.27. The number of hydrogen-bond acceptors (Lipinski definition) is 9. The summed E-state index contributed by atoms with van der Waals surface area (Å²) in [5.74, 6) is -0.156. The molecule has 0 radical (unpaired) electrons. The molecule has 256 valence electrons. The van der Waals surface area contributed by atoms with Crippen molar-refractivity contribution in [1.82, 2.24) is 14.5 Å². The average molecular weight is 685 g/mol. The fourth-order valence-corrected chi connectivity index (χ4v) is 9.15. The summed E-state index contributed by atoms with van der Waals surface area (Å²) in [4.78, 5) is 40.3. The number of nitrogens with one attached hydrogen (secondary N) is 1. The average Bonchev–Trinajstić information content (AvgIpc) is 3.31. The van der Waals surface area contributed by atoms with Crippen molar-refractivity contribution in [3.8, 4) is 11.1 Å². The van der Waals surface area contributed by atoms with Crippen LogP contribution < -0.4 is 20.7 Å². The first-order valence-corrected chi connectivity index (χ1v) is 18.1. The Hall–Kier alpha value is -4.10. The number of aryl methyl sites for hydroxylation is 2. The van der Waals surface area contributed by atoms with Crippen molar-refractivity contribution in [2.75, 3.05) is 61.1 Å². The van der Waals surface area contributed by atoms with Crippen molar-refractivity contribution >= 4 is 40.1 Å². The summed E-state index contributed by atoms with van der Waals surface area (Å²) < 4.78 is 22.2. The normalized spacial score (nSPS) is 18.6.